The monoisotopic (exact) mass is 481 g/mol. The second-order valence-corrected chi connectivity index (χ2v) is 9.34. The van der Waals surface area contributed by atoms with Crippen LogP contribution in [0.2, 0.25) is 0 Å². The molecule has 136 valence electrons. The molecule has 7 heteroatoms. The van der Waals surface area contributed by atoms with Crippen LogP contribution in [0.4, 0.5) is 0 Å². The van der Waals surface area contributed by atoms with E-state index in [2.05, 4.69) is 36.8 Å². The summed E-state index contributed by atoms with van der Waals surface area (Å²) in [5.41, 5.74) is -2.05. The Balaban J connectivity index is 1.79. The van der Waals surface area contributed by atoms with E-state index in [1.165, 1.54) is 0 Å². The van der Waals surface area contributed by atoms with Crippen LogP contribution in [0.25, 0.3) is 10.9 Å². The number of hydrogen-bond acceptors (Lipinski definition) is 5. The van der Waals surface area contributed by atoms with Gasteiger partial charge in [-0.3, -0.25) is 9.78 Å². The van der Waals surface area contributed by atoms with Gasteiger partial charge < -0.3 is 9.47 Å². The maximum absolute atomic E-state index is 13.2. The Labute approximate surface area is 167 Å². The average Bonchev–Trinajstić information content (AvgIpc) is 2.89. The highest BCUT2D eigenvalue weighted by Gasteiger charge is 2.76. The summed E-state index contributed by atoms with van der Waals surface area (Å²) in [6.07, 6.45) is 2.71. The van der Waals surface area contributed by atoms with E-state index in [1.807, 2.05) is 39.0 Å². The molecule has 5 nitrogen and oxygen atoms in total. The van der Waals surface area contributed by atoms with Crippen molar-refractivity contribution < 1.29 is 19.1 Å². The Morgan fingerprint density at radius 3 is 2.58 bits per heavy atom. The third-order valence-electron chi connectivity index (χ3n) is 6.36. The molecule has 0 N–H and O–H groups in total. The minimum atomic E-state index is -1.27. The highest BCUT2D eigenvalue weighted by atomic mass is 79.9. The minimum Gasteiger partial charge on any atom is -0.446 e. The summed E-state index contributed by atoms with van der Waals surface area (Å²) in [5, 5.41) is 0.829. The Hall–Kier alpha value is -1.47. The van der Waals surface area contributed by atoms with Gasteiger partial charge >= 0.3 is 11.9 Å². The first-order chi connectivity index (χ1) is 12.1. The van der Waals surface area contributed by atoms with Crippen LogP contribution in [-0.2, 0) is 14.3 Å². The molecular formula is C19H17Br2NO4. The van der Waals surface area contributed by atoms with Crippen molar-refractivity contribution in [2.75, 3.05) is 0 Å². The van der Waals surface area contributed by atoms with Crippen LogP contribution in [0.15, 0.2) is 33.3 Å². The molecule has 1 aliphatic carbocycles. The third-order valence-corrected chi connectivity index (χ3v) is 7.60. The lowest BCUT2D eigenvalue weighted by Crippen LogP contribution is -2.50. The number of nitrogens with zero attached hydrogens (tertiary/aromatic N) is 1. The molecule has 1 aromatic carbocycles. The Kier molecular flexibility index (Phi) is 3.80. The second-order valence-electron chi connectivity index (χ2n) is 7.63. The molecule has 4 rings (SSSR count). The van der Waals surface area contributed by atoms with E-state index in [4.69, 9.17) is 9.47 Å². The van der Waals surface area contributed by atoms with Gasteiger partial charge in [0.05, 0.1) is 9.89 Å². The molecule has 2 aliphatic rings. The number of pyridine rings is 1. The van der Waals surface area contributed by atoms with Gasteiger partial charge in [-0.25, -0.2) is 4.79 Å². The van der Waals surface area contributed by atoms with Gasteiger partial charge in [-0.15, -0.1) is 0 Å². The number of carbonyl (C=O) groups excluding carboxylic acids is 2. The Morgan fingerprint density at radius 1 is 1.23 bits per heavy atom. The number of carbonyl (C=O) groups is 2. The highest BCUT2D eigenvalue weighted by Crippen LogP contribution is 2.65. The molecule has 0 amide bonds. The zero-order chi connectivity index (χ0) is 18.9. The number of aromatic nitrogens is 1. The SMILES string of the molecule is CC1(C)[C@@]2(C(=O)Oc3c(Br)cc(Br)c4cccnc34)CC[C@]1(C)C(=O)O2. The van der Waals surface area contributed by atoms with Crippen molar-refractivity contribution >= 4 is 54.7 Å². The van der Waals surface area contributed by atoms with Gasteiger partial charge in [-0.1, -0.05) is 35.8 Å². The van der Waals surface area contributed by atoms with E-state index < -0.39 is 22.4 Å². The summed E-state index contributed by atoms with van der Waals surface area (Å²) >= 11 is 6.95. The molecule has 2 atom stereocenters. The fourth-order valence-electron chi connectivity index (χ4n) is 4.12. The number of hydrogen-bond donors (Lipinski definition) is 0. The molecule has 0 radical (unpaired) electrons. The van der Waals surface area contributed by atoms with Crippen molar-refractivity contribution in [2.24, 2.45) is 10.8 Å². The molecule has 0 spiro atoms. The topological polar surface area (TPSA) is 65.5 Å². The minimum absolute atomic E-state index is 0.329. The number of benzene rings is 1. The van der Waals surface area contributed by atoms with Crippen molar-refractivity contribution in [1.29, 1.82) is 0 Å². The third kappa shape index (κ3) is 2.04. The maximum Gasteiger partial charge on any atom is 0.356 e. The van der Waals surface area contributed by atoms with Crippen molar-refractivity contribution in [1.82, 2.24) is 4.98 Å². The predicted octanol–water partition coefficient (Wildman–Crippen LogP) is 4.79. The molecule has 1 aromatic heterocycles. The van der Waals surface area contributed by atoms with Crippen molar-refractivity contribution in [3.63, 3.8) is 0 Å². The van der Waals surface area contributed by atoms with E-state index in [0.29, 0.717) is 28.6 Å². The van der Waals surface area contributed by atoms with Gasteiger partial charge in [0, 0.05) is 21.5 Å². The lowest BCUT2D eigenvalue weighted by atomic mass is 9.66. The van der Waals surface area contributed by atoms with Crippen LogP contribution in [0, 0.1) is 10.8 Å². The summed E-state index contributed by atoms with van der Waals surface area (Å²) in [7, 11) is 0. The number of rotatable bonds is 2. The second kappa shape index (κ2) is 5.52. The summed E-state index contributed by atoms with van der Waals surface area (Å²) < 4.78 is 12.9. The fraction of sp³-hybridized carbons (Fsp3) is 0.421. The van der Waals surface area contributed by atoms with E-state index in [-0.39, 0.29) is 5.97 Å². The Bertz CT molecular complexity index is 973. The van der Waals surface area contributed by atoms with Crippen molar-refractivity contribution in [3.05, 3.63) is 33.3 Å². The molecule has 2 bridgehead atoms. The zero-order valence-electron chi connectivity index (χ0n) is 14.6. The van der Waals surface area contributed by atoms with Gasteiger partial charge in [0.1, 0.15) is 5.52 Å². The van der Waals surface area contributed by atoms with Crippen LogP contribution in [0.1, 0.15) is 33.6 Å². The highest BCUT2D eigenvalue weighted by molar-refractivity contribution is 9.11. The van der Waals surface area contributed by atoms with Gasteiger partial charge in [0.2, 0.25) is 5.60 Å². The number of esters is 2. The Morgan fingerprint density at radius 2 is 1.96 bits per heavy atom. The van der Waals surface area contributed by atoms with Gasteiger partial charge in [0.25, 0.3) is 0 Å². The van der Waals surface area contributed by atoms with Crippen LogP contribution in [0.5, 0.6) is 5.75 Å². The first-order valence-corrected chi connectivity index (χ1v) is 9.91. The van der Waals surface area contributed by atoms with Gasteiger partial charge in [-0.2, -0.15) is 0 Å². The largest absolute Gasteiger partial charge is 0.446 e. The molecule has 2 aromatic rings. The van der Waals surface area contributed by atoms with Crippen LogP contribution >= 0.6 is 31.9 Å². The smallest absolute Gasteiger partial charge is 0.356 e. The maximum atomic E-state index is 13.2. The molecule has 0 unspecified atom stereocenters. The normalized spacial score (nSPS) is 29.0. The number of fused-ring (bicyclic) bond motifs is 3. The molecule has 26 heavy (non-hydrogen) atoms. The van der Waals surface area contributed by atoms with Crippen LogP contribution < -0.4 is 4.74 Å². The lowest BCUT2D eigenvalue weighted by molar-refractivity contribution is -0.176. The average molecular weight is 483 g/mol. The first kappa shape index (κ1) is 17.9. The molecule has 1 aliphatic heterocycles. The van der Waals surface area contributed by atoms with Crippen LogP contribution in [0.3, 0.4) is 0 Å². The lowest BCUT2D eigenvalue weighted by Gasteiger charge is -2.34. The summed E-state index contributed by atoms with van der Waals surface area (Å²) in [4.78, 5) is 30.0. The molecular weight excluding hydrogens is 466 g/mol. The first-order valence-electron chi connectivity index (χ1n) is 8.32. The van der Waals surface area contributed by atoms with Gasteiger partial charge in [0.15, 0.2) is 5.75 Å². The zero-order valence-corrected chi connectivity index (χ0v) is 17.7. The molecule has 1 saturated carbocycles. The van der Waals surface area contributed by atoms with Crippen LogP contribution in [-0.4, -0.2) is 22.5 Å². The number of ether oxygens (including phenoxy) is 2. The quantitative estimate of drug-likeness (QED) is 0.455. The molecule has 2 heterocycles. The summed E-state index contributed by atoms with van der Waals surface area (Å²) in [5.74, 6) is -0.550. The standard InChI is InChI=1S/C19H17Br2NO4/c1-17(2)18(3)6-7-19(17,26-15(18)23)16(24)25-14-12(21)9-11(20)10-5-4-8-22-13(10)14/h4-5,8-9H,6-7H2,1-3H3/t18-,19+/m1/s1. The molecule has 1 saturated heterocycles. The summed E-state index contributed by atoms with van der Waals surface area (Å²) in [6, 6.07) is 5.52. The van der Waals surface area contributed by atoms with E-state index >= 15 is 0 Å². The van der Waals surface area contributed by atoms with E-state index in [0.717, 1.165) is 9.86 Å². The summed E-state index contributed by atoms with van der Waals surface area (Å²) in [6.45, 7) is 5.67. The predicted molar refractivity (Wildman–Crippen MR) is 103 cm³/mol. The molecule has 2 fully saturated rings. The van der Waals surface area contributed by atoms with Gasteiger partial charge in [-0.05, 0) is 47.8 Å². The van der Waals surface area contributed by atoms with Crippen molar-refractivity contribution in [3.8, 4) is 5.75 Å². The van der Waals surface area contributed by atoms with E-state index in [9.17, 15) is 9.59 Å². The fourth-order valence-corrected chi connectivity index (χ4v) is 5.47. The van der Waals surface area contributed by atoms with Crippen molar-refractivity contribution in [2.45, 2.75) is 39.2 Å². The number of halogens is 2. The van der Waals surface area contributed by atoms with E-state index in [1.54, 1.807) is 6.20 Å².